The van der Waals surface area contributed by atoms with Gasteiger partial charge in [0.15, 0.2) is 11.6 Å². The van der Waals surface area contributed by atoms with Crippen LogP contribution in [-0.2, 0) is 6.54 Å². The van der Waals surface area contributed by atoms with Gasteiger partial charge in [-0.1, -0.05) is 35.3 Å². The minimum absolute atomic E-state index is 0.0299. The van der Waals surface area contributed by atoms with Crippen LogP contribution in [0.25, 0.3) is 11.0 Å². The van der Waals surface area contributed by atoms with Gasteiger partial charge in [-0.05, 0) is 42.8 Å². The number of hydrogen-bond acceptors (Lipinski definition) is 6. The number of nitrogens with zero attached hydrogens (tertiary/aromatic N) is 4. The normalized spacial score (nSPS) is 16.1. The Kier molecular flexibility index (Phi) is 6.58. The Morgan fingerprint density at radius 2 is 1.73 bits per heavy atom. The number of nitrogens with one attached hydrogen (secondary N) is 1. The Morgan fingerprint density at radius 3 is 2.43 bits per heavy atom. The van der Waals surface area contributed by atoms with Crippen molar-refractivity contribution < 1.29 is 5.11 Å². The summed E-state index contributed by atoms with van der Waals surface area (Å²) in [5.41, 5.74) is 2.74. The van der Waals surface area contributed by atoms with Crippen molar-refractivity contribution in [1.82, 2.24) is 14.9 Å². The zero-order valence-corrected chi connectivity index (χ0v) is 18.4. The molecule has 1 aromatic heterocycles. The molecule has 6 nitrogen and oxygen atoms in total. The molecule has 0 radical (unpaired) electrons. The first kappa shape index (κ1) is 21.1. The number of para-hydroxylation sites is 2. The van der Waals surface area contributed by atoms with E-state index in [-0.39, 0.29) is 12.6 Å². The molecule has 1 fully saturated rings. The van der Waals surface area contributed by atoms with Crippen LogP contribution in [0.5, 0.6) is 0 Å². The second-order valence-electron chi connectivity index (χ2n) is 7.61. The molecule has 0 amide bonds. The molecule has 158 valence electrons. The van der Waals surface area contributed by atoms with E-state index in [4.69, 9.17) is 33.2 Å². The van der Waals surface area contributed by atoms with E-state index in [1.54, 1.807) is 0 Å². The van der Waals surface area contributed by atoms with Gasteiger partial charge >= 0.3 is 0 Å². The van der Waals surface area contributed by atoms with E-state index in [0.29, 0.717) is 10.8 Å². The van der Waals surface area contributed by atoms with Crippen molar-refractivity contribution in [3.63, 3.8) is 0 Å². The standard InChI is InChI=1S/C22H25Cl2N5O/c1-15(14-30)25-21-22(27-20-5-3-2-4-19(20)26-21)29-10-8-28(9-11-29)13-16-12-17(23)6-7-18(16)24/h2-7,12,15,30H,8-11,13-14H2,1H3,(H,25,26)/t15-/m1/s1. The molecule has 4 rings (SSSR count). The lowest BCUT2D eigenvalue weighted by atomic mass is 10.2. The van der Waals surface area contributed by atoms with Crippen LogP contribution in [0, 0.1) is 0 Å². The van der Waals surface area contributed by atoms with E-state index in [0.717, 1.165) is 60.2 Å². The van der Waals surface area contributed by atoms with Gasteiger partial charge in [0.05, 0.1) is 17.6 Å². The van der Waals surface area contributed by atoms with Crippen LogP contribution in [-0.4, -0.2) is 58.8 Å². The van der Waals surface area contributed by atoms with Crippen molar-refractivity contribution in [3.8, 4) is 0 Å². The lowest BCUT2D eigenvalue weighted by Gasteiger charge is -2.36. The van der Waals surface area contributed by atoms with Crippen molar-refractivity contribution in [2.75, 3.05) is 43.0 Å². The van der Waals surface area contributed by atoms with Crippen LogP contribution in [0.2, 0.25) is 10.0 Å². The third kappa shape index (κ3) is 4.78. The van der Waals surface area contributed by atoms with Gasteiger partial charge in [-0.15, -0.1) is 0 Å². The summed E-state index contributed by atoms with van der Waals surface area (Å²) < 4.78 is 0. The van der Waals surface area contributed by atoms with Crippen molar-refractivity contribution in [3.05, 3.63) is 58.1 Å². The van der Waals surface area contributed by atoms with E-state index in [1.807, 2.05) is 49.4 Å². The zero-order valence-electron chi connectivity index (χ0n) is 16.9. The number of rotatable bonds is 6. The number of hydrogen-bond donors (Lipinski definition) is 2. The van der Waals surface area contributed by atoms with Crippen molar-refractivity contribution in [2.24, 2.45) is 0 Å². The summed E-state index contributed by atoms with van der Waals surface area (Å²) >= 11 is 12.5. The van der Waals surface area contributed by atoms with Gasteiger partial charge in [-0.25, -0.2) is 9.97 Å². The summed E-state index contributed by atoms with van der Waals surface area (Å²) in [6, 6.07) is 13.3. The fraction of sp³-hybridized carbons (Fsp3) is 0.364. The molecule has 2 heterocycles. The number of aromatic nitrogens is 2. The topological polar surface area (TPSA) is 64.5 Å². The molecular formula is C22H25Cl2N5O. The number of benzene rings is 2. The van der Waals surface area contributed by atoms with Crippen molar-refractivity contribution in [2.45, 2.75) is 19.5 Å². The van der Waals surface area contributed by atoms with E-state index in [1.165, 1.54) is 0 Å². The van der Waals surface area contributed by atoms with Gasteiger partial charge in [0.2, 0.25) is 0 Å². The van der Waals surface area contributed by atoms with E-state index in [2.05, 4.69) is 15.1 Å². The average Bonchev–Trinajstić information content (AvgIpc) is 2.76. The highest BCUT2D eigenvalue weighted by Gasteiger charge is 2.23. The Balaban J connectivity index is 1.52. The SMILES string of the molecule is C[C@H](CO)Nc1nc2ccccc2nc1N1CCN(Cc2cc(Cl)ccc2Cl)CC1. The third-order valence-corrected chi connectivity index (χ3v) is 5.89. The van der Waals surface area contributed by atoms with Gasteiger partial charge in [-0.2, -0.15) is 0 Å². The van der Waals surface area contributed by atoms with Gasteiger partial charge < -0.3 is 15.3 Å². The van der Waals surface area contributed by atoms with Gasteiger partial charge in [-0.3, -0.25) is 4.90 Å². The molecule has 8 heteroatoms. The minimum atomic E-state index is -0.106. The fourth-order valence-electron chi connectivity index (χ4n) is 3.61. The molecule has 30 heavy (non-hydrogen) atoms. The molecule has 0 saturated carbocycles. The fourth-order valence-corrected chi connectivity index (χ4v) is 3.98. The highest BCUT2D eigenvalue weighted by Crippen LogP contribution is 2.28. The monoisotopic (exact) mass is 445 g/mol. The minimum Gasteiger partial charge on any atom is -0.394 e. The average molecular weight is 446 g/mol. The third-order valence-electron chi connectivity index (χ3n) is 5.28. The Hall–Kier alpha value is -2.12. The molecule has 1 atom stereocenters. The van der Waals surface area contributed by atoms with Crippen molar-refractivity contribution in [1.29, 1.82) is 0 Å². The van der Waals surface area contributed by atoms with Gasteiger partial charge in [0.1, 0.15) is 0 Å². The number of aliphatic hydroxyl groups is 1. The summed E-state index contributed by atoms with van der Waals surface area (Å²) in [7, 11) is 0. The summed E-state index contributed by atoms with van der Waals surface area (Å²) in [6.07, 6.45) is 0. The largest absolute Gasteiger partial charge is 0.394 e. The summed E-state index contributed by atoms with van der Waals surface area (Å²) in [5, 5.41) is 14.2. The van der Waals surface area contributed by atoms with Gasteiger partial charge in [0, 0.05) is 48.8 Å². The zero-order chi connectivity index (χ0) is 21.1. The molecular weight excluding hydrogens is 421 g/mol. The maximum Gasteiger partial charge on any atom is 0.172 e. The first-order valence-corrected chi connectivity index (χ1v) is 10.8. The quantitative estimate of drug-likeness (QED) is 0.596. The highest BCUT2D eigenvalue weighted by molar-refractivity contribution is 6.33. The highest BCUT2D eigenvalue weighted by atomic mass is 35.5. The van der Waals surface area contributed by atoms with Crippen molar-refractivity contribution >= 4 is 45.9 Å². The van der Waals surface area contributed by atoms with Crippen LogP contribution in [0.3, 0.4) is 0 Å². The second kappa shape index (κ2) is 9.35. The molecule has 1 aliphatic rings. The number of anilines is 2. The molecule has 0 bridgehead atoms. The van der Waals surface area contributed by atoms with E-state index >= 15 is 0 Å². The molecule has 0 unspecified atom stereocenters. The lowest BCUT2D eigenvalue weighted by Crippen LogP contribution is -2.46. The maximum absolute atomic E-state index is 9.48. The second-order valence-corrected chi connectivity index (χ2v) is 8.46. The first-order valence-electron chi connectivity index (χ1n) is 10.1. The number of piperazine rings is 1. The first-order chi connectivity index (χ1) is 14.5. The molecule has 2 aromatic carbocycles. The number of halogens is 2. The molecule has 1 aliphatic heterocycles. The van der Waals surface area contributed by atoms with E-state index in [9.17, 15) is 5.11 Å². The molecule has 2 N–H and O–H groups in total. The Bertz CT molecular complexity index is 1020. The predicted octanol–water partition coefficient (Wildman–Crippen LogP) is 4.05. The van der Waals surface area contributed by atoms with Crippen LogP contribution in [0.1, 0.15) is 12.5 Å². The van der Waals surface area contributed by atoms with Crippen LogP contribution < -0.4 is 10.2 Å². The summed E-state index contributed by atoms with van der Waals surface area (Å²) in [6.45, 7) is 6.14. The summed E-state index contributed by atoms with van der Waals surface area (Å²) in [5.74, 6) is 1.54. The molecule has 3 aromatic rings. The van der Waals surface area contributed by atoms with Crippen LogP contribution >= 0.6 is 23.2 Å². The maximum atomic E-state index is 9.48. The van der Waals surface area contributed by atoms with Crippen LogP contribution in [0.4, 0.5) is 11.6 Å². The Labute approximate surface area is 186 Å². The molecule has 0 spiro atoms. The number of fused-ring (bicyclic) bond motifs is 1. The van der Waals surface area contributed by atoms with E-state index < -0.39 is 0 Å². The molecule has 1 saturated heterocycles. The van der Waals surface area contributed by atoms with Crippen LogP contribution in [0.15, 0.2) is 42.5 Å². The smallest absolute Gasteiger partial charge is 0.172 e. The summed E-state index contributed by atoms with van der Waals surface area (Å²) in [4.78, 5) is 14.3. The predicted molar refractivity (Wildman–Crippen MR) is 124 cm³/mol. The molecule has 0 aliphatic carbocycles. The van der Waals surface area contributed by atoms with Gasteiger partial charge in [0.25, 0.3) is 0 Å². The number of aliphatic hydroxyl groups excluding tert-OH is 1. The lowest BCUT2D eigenvalue weighted by molar-refractivity contribution is 0.249. The Morgan fingerprint density at radius 1 is 1.03 bits per heavy atom.